The van der Waals surface area contributed by atoms with Crippen molar-refractivity contribution in [1.82, 2.24) is 27.5 Å². The third-order valence-corrected chi connectivity index (χ3v) is 8.44. The van der Waals surface area contributed by atoms with E-state index < -0.39 is 0 Å². The number of hydrogen-bond donors (Lipinski definition) is 0. The summed E-state index contributed by atoms with van der Waals surface area (Å²) in [6.07, 6.45) is 16.2. The van der Waals surface area contributed by atoms with Gasteiger partial charge in [0, 0.05) is 35.9 Å². The van der Waals surface area contributed by atoms with E-state index in [1.54, 1.807) is 12.4 Å². The molecule has 0 saturated carbocycles. The zero-order valence-corrected chi connectivity index (χ0v) is 21.6. The summed E-state index contributed by atoms with van der Waals surface area (Å²) in [5.41, 5.74) is 4.03. The van der Waals surface area contributed by atoms with Crippen molar-refractivity contribution in [2.24, 2.45) is 0 Å². The number of rotatable bonds is 14. The van der Waals surface area contributed by atoms with E-state index in [1.807, 2.05) is 60.2 Å². The van der Waals surface area contributed by atoms with Crippen LogP contribution in [0.5, 0.6) is 0 Å². The fourth-order valence-corrected chi connectivity index (χ4v) is 6.71. The molecule has 0 spiro atoms. The van der Waals surface area contributed by atoms with E-state index in [2.05, 4.69) is 27.5 Å². The maximum absolute atomic E-state index is 4.46. The first-order valence-electron chi connectivity index (χ1n) is 11.1. The maximum Gasteiger partial charge on any atom is 0.138 e. The van der Waals surface area contributed by atoms with E-state index in [9.17, 15) is 0 Å². The molecule has 4 rings (SSSR count). The van der Waals surface area contributed by atoms with Crippen LogP contribution in [0, 0.1) is 0 Å². The van der Waals surface area contributed by atoms with Crippen molar-refractivity contribution in [1.29, 1.82) is 0 Å². The van der Waals surface area contributed by atoms with Crippen LogP contribution >= 0.6 is 47.0 Å². The van der Waals surface area contributed by atoms with Gasteiger partial charge < -0.3 is 0 Å². The standard InChI is InChI=1S/C23H26N6S4/c1(2-4-6-14-30-22-20(26-32-28-22)18-10-8-12-24-16-18)3-5-7-15-31-23-21(27-33-29-23)19-11-9-13-25-17-19/h8-13,16-17H,1-7,14-15H2. The Kier molecular flexibility index (Phi) is 10.1. The van der Waals surface area contributed by atoms with Gasteiger partial charge >= 0.3 is 0 Å². The van der Waals surface area contributed by atoms with Crippen molar-refractivity contribution in [2.75, 3.05) is 11.5 Å². The van der Waals surface area contributed by atoms with Crippen LogP contribution in [0.1, 0.15) is 44.9 Å². The first-order chi connectivity index (χ1) is 16.4. The lowest BCUT2D eigenvalue weighted by Crippen LogP contribution is -1.87. The number of pyridine rings is 2. The third-order valence-electron chi connectivity index (χ3n) is 5.05. The molecule has 4 aromatic heterocycles. The predicted octanol–water partition coefficient (Wildman–Crippen LogP) is 7.13. The molecule has 4 heterocycles. The highest BCUT2D eigenvalue weighted by Crippen LogP contribution is 2.31. The molecular weight excluding hydrogens is 489 g/mol. The Hall–Kier alpha value is -1.88. The van der Waals surface area contributed by atoms with Crippen molar-refractivity contribution in [3.8, 4) is 22.5 Å². The van der Waals surface area contributed by atoms with E-state index in [0.29, 0.717) is 0 Å². The summed E-state index contributed by atoms with van der Waals surface area (Å²) in [4.78, 5) is 8.37. The van der Waals surface area contributed by atoms with Gasteiger partial charge in [-0.1, -0.05) is 32.1 Å². The van der Waals surface area contributed by atoms with E-state index in [-0.39, 0.29) is 0 Å². The summed E-state index contributed by atoms with van der Waals surface area (Å²) >= 11 is 6.19. The minimum absolute atomic E-state index is 0.969. The molecule has 4 aromatic rings. The average Bonchev–Trinajstić information content (AvgIpc) is 3.53. The van der Waals surface area contributed by atoms with Gasteiger partial charge in [-0.25, -0.2) is 0 Å². The highest BCUT2D eigenvalue weighted by molar-refractivity contribution is 7.99. The van der Waals surface area contributed by atoms with Crippen LogP contribution in [-0.2, 0) is 0 Å². The molecule has 0 bridgehead atoms. The molecule has 0 aliphatic carbocycles. The molecule has 172 valence electrons. The van der Waals surface area contributed by atoms with Gasteiger partial charge in [-0.3, -0.25) is 9.97 Å². The molecule has 0 N–H and O–H groups in total. The lowest BCUT2D eigenvalue weighted by atomic mass is 10.1. The van der Waals surface area contributed by atoms with Crippen molar-refractivity contribution < 1.29 is 0 Å². The van der Waals surface area contributed by atoms with Crippen LogP contribution in [0.25, 0.3) is 22.5 Å². The van der Waals surface area contributed by atoms with Gasteiger partial charge in [0.1, 0.15) is 21.4 Å². The van der Waals surface area contributed by atoms with Gasteiger partial charge in [-0.05, 0) is 48.6 Å². The zero-order valence-electron chi connectivity index (χ0n) is 18.3. The van der Waals surface area contributed by atoms with Gasteiger partial charge in [-0.2, -0.15) is 17.5 Å². The molecule has 0 saturated heterocycles. The Morgan fingerprint density at radius 2 is 1.03 bits per heavy atom. The van der Waals surface area contributed by atoms with Crippen LogP contribution in [0.4, 0.5) is 0 Å². The second-order valence-electron chi connectivity index (χ2n) is 7.49. The Balaban J connectivity index is 1.03. The molecule has 0 radical (unpaired) electrons. The number of thioether (sulfide) groups is 2. The zero-order chi connectivity index (χ0) is 22.6. The van der Waals surface area contributed by atoms with Crippen LogP contribution in [-0.4, -0.2) is 39.0 Å². The SMILES string of the molecule is c1cncc(-c2nsnc2SCCCCCCCCCSc2nsnc2-c2cccnc2)c1. The number of hydrogen-bond acceptors (Lipinski definition) is 10. The van der Waals surface area contributed by atoms with Crippen LogP contribution in [0.3, 0.4) is 0 Å². The minimum Gasteiger partial charge on any atom is -0.264 e. The smallest absolute Gasteiger partial charge is 0.138 e. The fraction of sp³-hybridized carbons (Fsp3) is 0.391. The summed E-state index contributed by atoms with van der Waals surface area (Å²) in [7, 11) is 0. The quantitative estimate of drug-likeness (QED) is 0.130. The molecule has 0 atom stereocenters. The third kappa shape index (κ3) is 7.56. The Bertz CT molecular complexity index is 985. The molecule has 6 nitrogen and oxygen atoms in total. The summed E-state index contributed by atoms with van der Waals surface area (Å²) in [5.74, 6) is 2.19. The van der Waals surface area contributed by atoms with Gasteiger partial charge in [-0.15, -0.1) is 23.5 Å². The molecular formula is C23H26N6S4. The lowest BCUT2D eigenvalue weighted by Gasteiger charge is -2.03. The van der Waals surface area contributed by atoms with E-state index in [1.165, 1.54) is 68.4 Å². The van der Waals surface area contributed by atoms with Crippen molar-refractivity contribution in [3.05, 3.63) is 49.1 Å². The highest BCUT2D eigenvalue weighted by atomic mass is 32.2. The van der Waals surface area contributed by atoms with E-state index >= 15 is 0 Å². The lowest BCUT2D eigenvalue weighted by molar-refractivity contribution is 0.605. The Morgan fingerprint density at radius 1 is 0.576 bits per heavy atom. The average molecular weight is 515 g/mol. The second-order valence-corrected chi connectivity index (χ2v) is 10.7. The van der Waals surface area contributed by atoms with Crippen molar-refractivity contribution in [2.45, 2.75) is 55.0 Å². The Morgan fingerprint density at radius 3 is 1.45 bits per heavy atom. The second kappa shape index (κ2) is 13.7. The van der Waals surface area contributed by atoms with Gasteiger partial charge in [0.05, 0.1) is 23.5 Å². The molecule has 0 aromatic carbocycles. The normalized spacial score (nSPS) is 11.2. The molecule has 0 fully saturated rings. The maximum atomic E-state index is 4.46. The first-order valence-corrected chi connectivity index (χ1v) is 14.6. The van der Waals surface area contributed by atoms with Gasteiger partial charge in [0.15, 0.2) is 0 Å². The Labute approximate surface area is 211 Å². The van der Waals surface area contributed by atoms with Crippen LogP contribution in [0.15, 0.2) is 59.1 Å². The monoisotopic (exact) mass is 514 g/mol. The fourth-order valence-electron chi connectivity index (χ4n) is 3.33. The van der Waals surface area contributed by atoms with Crippen LogP contribution in [0.2, 0.25) is 0 Å². The first kappa shape index (κ1) is 24.3. The highest BCUT2D eigenvalue weighted by Gasteiger charge is 2.12. The number of nitrogens with zero attached hydrogens (tertiary/aromatic N) is 6. The van der Waals surface area contributed by atoms with E-state index in [4.69, 9.17) is 0 Å². The molecule has 0 unspecified atom stereocenters. The minimum atomic E-state index is 0.969. The van der Waals surface area contributed by atoms with Gasteiger partial charge in [0.2, 0.25) is 0 Å². The van der Waals surface area contributed by atoms with Crippen LogP contribution < -0.4 is 0 Å². The molecule has 10 heteroatoms. The summed E-state index contributed by atoms with van der Waals surface area (Å²) in [6, 6.07) is 7.97. The predicted molar refractivity (Wildman–Crippen MR) is 140 cm³/mol. The number of unbranched alkanes of at least 4 members (excludes halogenated alkanes) is 6. The summed E-state index contributed by atoms with van der Waals surface area (Å²) in [6.45, 7) is 0. The topological polar surface area (TPSA) is 77.3 Å². The largest absolute Gasteiger partial charge is 0.264 e. The molecule has 33 heavy (non-hydrogen) atoms. The number of aromatic nitrogens is 6. The van der Waals surface area contributed by atoms with Gasteiger partial charge in [0.25, 0.3) is 0 Å². The summed E-state index contributed by atoms with van der Waals surface area (Å²) < 4.78 is 17.8. The van der Waals surface area contributed by atoms with Crippen molar-refractivity contribution >= 4 is 47.0 Å². The van der Waals surface area contributed by atoms with E-state index in [0.717, 1.165) is 44.1 Å². The molecule has 0 aliphatic heterocycles. The summed E-state index contributed by atoms with van der Waals surface area (Å²) in [5, 5.41) is 2.07. The molecule has 0 aliphatic rings. The molecule has 0 amide bonds. The van der Waals surface area contributed by atoms with Crippen molar-refractivity contribution in [3.63, 3.8) is 0 Å².